The first-order chi connectivity index (χ1) is 15.7. The lowest BCUT2D eigenvalue weighted by atomic mass is 10.2. The molecule has 2 amide bonds. The molecule has 2 N–H and O–H groups in total. The summed E-state index contributed by atoms with van der Waals surface area (Å²) in [6.45, 7) is -0.361. The van der Waals surface area contributed by atoms with Crippen LogP contribution in [-0.2, 0) is 17.5 Å². The van der Waals surface area contributed by atoms with Gasteiger partial charge in [-0.2, -0.15) is 18.3 Å². The van der Waals surface area contributed by atoms with Crippen molar-refractivity contribution in [3.05, 3.63) is 59.4 Å². The molecule has 0 bridgehead atoms. The lowest BCUT2D eigenvalue weighted by molar-refractivity contribution is -0.143. The second-order valence-electron chi connectivity index (χ2n) is 6.56. The molecule has 2 aromatic heterocycles. The fourth-order valence-corrected chi connectivity index (χ4v) is 2.76. The van der Waals surface area contributed by atoms with E-state index in [0.29, 0.717) is 10.4 Å². The first-order valence-corrected chi connectivity index (χ1v) is 9.44. The molecule has 0 saturated carbocycles. The molecule has 0 aliphatic rings. The van der Waals surface area contributed by atoms with E-state index < -0.39 is 35.8 Å². The maximum Gasteiger partial charge on any atom is 0.434 e. The molecule has 174 valence electrons. The van der Waals surface area contributed by atoms with Crippen molar-refractivity contribution >= 4 is 11.8 Å². The van der Waals surface area contributed by atoms with E-state index in [2.05, 4.69) is 25.9 Å². The molecule has 2 heterocycles. The molecule has 10 nitrogen and oxygen atoms in total. The van der Waals surface area contributed by atoms with E-state index in [1.54, 1.807) is 24.3 Å². The Bertz CT molecular complexity index is 1110. The van der Waals surface area contributed by atoms with Crippen LogP contribution in [0.25, 0.3) is 5.82 Å². The average molecular weight is 464 g/mol. The Morgan fingerprint density at radius 1 is 1.00 bits per heavy atom. The summed E-state index contributed by atoms with van der Waals surface area (Å²) in [7, 11) is 2.85. The van der Waals surface area contributed by atoms with E-state index in [9.17, 15) is 22.8 Å². The van der Waals surface area contributed by atoms with Crippen molar-refractivity contribution in [1.82, 2.24) is 30.6 Å². The Morgan fingerprint density at radius 2 is 1.73 bits per heavy atom. The second-order valence-corrected chi connectivity index (χ2v) is 6.56. The van der Waals surface area contributed by atoms with Crippen LogP contribution in [0.15, 0.2) is 42.6 Å². The minimum atomic E-state index is -4.93. The van der Waals surface area contributed by atoms with E-state index in [-0.39, 0.29) is 18.2 Å². The molecular weight excluding hydrogens is 445 g/mol. The van der Waals surface area contributed by atoms with Crippen LogP contribution in [-0.4, -0.2) is 52.6 Å². The van der Waals surface area contributed by atoms with E-state index in [1.165, 1.54) is 26.4 Å². The Kier molecular flexibility index (Phi) is 7.10. The molecule has 1 aromatic carbocycles. The molecule has 0 radical (unpaired) electrons. The second kappa shape index (κ2) is 9.97. The highest BCUT2D eigenvalue weighted by Crippen LogP contribution is 2.33. The largest absolute Gasteiger partial charge is 0.497 e. The SMILES string of the molecule is COc1ccc(CNC(=O)CNC(=O)c2cnn(-c3ccc(OC)nn3)c2C(F)(F)F)cc1. The van der Waals surface area contributed by atoms with E-state index >= 15 is 0 Å². The lowest BCUT2D eigenvalue weighted by Crippen LogP contribution is -2.37. The molecule has 0 saturated heterocycles. The molecule has 0 fully saturated rings. The molecule has 3 aromatic rings. The van der Waals surface area contributed by atoms with Gasteiger partial charge in [0.15, 0.2) is 11.5 Å². The third-order valence-electron chi connectivity index (χ3n) is 4.39. The maximum absolute atomic E-state index is 13.7. The van der Waals surface area contributed by atoms with Gasteiger partial charge in [0.1, 0.15) is 5.75 Å². The zero-order valence-corrected chi connectivity index (χ0v) is 17.5. The van der Waals surface area contributed by atoms with Crippen LogP contribution in [0.4, 0.5) is 13.2 Å². The molecule has 3 rings (SSSR count). The molecular formula is C20H19F3N6O4. The highest BCUT2D eigenvalue weighted by molar-refractivity contribution is 5.97. The van der Waals surface area contributed by atoms with Crippen LogP contribution in [0.2, 0.25) is 0 Å². The molecule has 13 heteroatoms. The van der Waals surface area contributed by atoms with Crippen LogP contribution >= 0.6 is 0 Å². The fourth-order valence-electron chi connectivity index (χ4n) is 2.76. The molecule has 33 heavy (non-hydrogen) atoms. The number of carbonyl (C=O) groups excluding carboxylic acids is 2. The fraction of sp³-hybridized carbons (Fsp3) is 0.250. The topological polar surface area (TPSA) is 120 Å². The summed E-state index contributed by atoms with van der Waals surface area (Å²) >= 11 is 0. The monoisotopic (exact) mass is 464 g/mol. The van der Waals surface area contributed by atoms with Crippen molar-refractivity contribution in [2.45, 2.75) is 12.7 Å². The first kappa shape index (κ1) is 23.5. The number of benzene rings is 1. The Labute approximate surface area is 185 Å². The van der Waals surface area contributed by atoms with E-state index in [0.717, 1.165) is 11.8 Å². The van der Waals surface area contributed by atoms with Gasteiger partial charge >= 0.3 is 6.18 Å². The van der Waals surface area contributed by atoms with Gasteiger partial charge in [0.25, 0.3) is 5.91 Å². The van der Waals surface area contributed by atoms with Gasteiger partial charge in [-0.1, -0.05) is 12.1 Å². The number of halogens is 3. The number of alkyl halides is 3. The van der Waals surface area contributed by atoms with Gasteiger partial charge in [-0.05, 0) is 23.8 Å². The summed E-state index contributed by atoms with van der Waals surface area (Å²) in [4.78, 5) is 24.4. The lowest BCUT2D eigenvalue weighted by Gasteiger charge is -2.12. The Balaban J connectivity index is 1.67. The van der Waals surface area contributed by atoms with Gasteiger partial charge in [-0.15, -0.1) is 10.2 Å². The van der Waals surface area contributed by atoms with Gasteiger partial charge < -0.3 is 20.1 Å². The molecule has 0 unspecified atom stereocenters. The zero-order valence-electron chi connectivity index (χ0n) is 17.5. The summed E-state index contributed by atoms with van der Waals surface area (Å²) in [5.41, 5.74) is -1.34. The first-order valence-electron chi connectivity index (χ1n) is 9.44. The average Bonchev–Trinajstić information content (AvgIpc) is 3.27. The highest BCUT2D eigenvalue weighted by Gasteiger charge is 2.41. The predicted molar refractivity (Wildman–Crippen MR) is 108 cm³/mol. The smallest absolute Gasteiger partial charge is 0.434 e. The predicted octanol–water partition coefficient (Wildman–Crippen LogP) is 1.74. The highest BCUT2D eigenvalue weighted by atomic mass is 19.4. The number of nitrogens with one attached hydrogen (secondary N) is 2. The Hall–Kier alpha value is -4.16. The van der Waals surface area contributed by atoms with Gasteiger partial charge in [-0.3, -0.25) is 9.59 Å². The van der Waals surface area contributed by atoms with Crippen molar-refractivity contribution in [2.75, 3.05) is 20.8 Å². The van der Waals surface area contributed by atoms with Crippen LogP contribution in [0.1, 0.15) is 21.6 Å². The zero-order chi connectivity index (χ0) is 24.0. The number of hydrogen-bond acceptors (Lipinski definition) is 7. The van der Waals surface area contributed by atoms with Crippen LogP contribution in [0, 0.1) is 0 Å². The minimum absolute atomic E-state index is 0.0954. The summed E-state index contributed by atoms with van der Waals surface area (Å²) in [6, 6.07) is 9.42. The summed E-state index contributed by atoms with van der Waals surface area (Å²) < 4.78 is 51.4. The third kappa shape index (κ3) is 5.75. The number of carbonyl (C=O) groups is 2. The molecule has 0 aliphatic heterocycles. The molecule has 0 atom stereocenters. The normalized spacial score (nSPS) is 11.1. The van der Waals surface area contributed by atoms with Gasteiger partial charge in [0, 0.05) is 12.6 Å². The summed E-state index contributed by atoms with van der Waals surface area (Å²) in [5, 5.41) is 15.6. The number of methoxy groups -OCH3 is 2. The number of nitrogens with zero attached hydrogens (tertiary/aromatic N) is 4. The number of ether oxygens (including phenoxy) is 2. The molecule has 0 spiro atoms. The number of aromatic nitrogens is 4. The van der Waals surface area contributed by atoms with Crippen LogP contribution in [0.3, 0.4) is 0 Å². The van der Waals surface area contributed by atoms with Crippen molar-refractivity contribution in [2.24, 2.45) is 0 Å². The maximum atomic E-state index is 13.7. The standard InChI is InChI=1S/C20H19F3N6O4/c1-32-13-5-3-12(4-6-13)9-24-16(30)11-25-19(31)14-10-26-29(18(14)20(21,22)23)15-7-8-17(33-2)28-27-15/h3-8,10H,9,11H2,1-2H3,(H,24,30)(H,25,31). The Morgan fingerprint density at radius 3 is 2.30 bits per heavy atom. The van der Waals surface area contributed by atoms with Crippen LogP contribution < -0.4 is 20.1 Å². The van der Waals surface area contributed by atoms with E-state index in [1.807, 2.05) is 0 Å². The summed E-state index contributed by atoms with van der Waals surface area (Å²) in [6.07, 6.45) is -4.18. The number of hydrogen-bond donors (Lipinski definition) is 2. The quantitative estimate of drug-likeness (QED) is 0.521. The van der Waals surface area contributed by atoms with Crippen molar-refractivity contribution in [3.63, 3.8) is 0 Å². The van der Waals surface area contributed by atoms with Crippen LogP contribution in [0.5, 0.6) is 11.6 Å². The molecule has 0 aliphatic carbocycles. The van der Waals surface area contributed by atoms with E-state index in [4.69, 9.17) is 9.47 Å². The van der Waals surface area contributed by atoms with Gasteiger partial charge in [0.2, 0.25) is 11.8 Å². The number of amides is 2. The van der Waals surface area contributed by atoms with Crippen molar-refractivity contribution in [3.8, 4) is 17.4 Å². The van der Waals surface area contributed by atoms with Gasteiger partial charge in [0.05, 0.1) is 32.5 Å². The van der Waals surface area contributed by atoms with Crippen molar-refractivity contribution < 1.29 is 32.2 Å². The summed E-state index contributed by atoms with van der Waals surface area (Å²) in [5.74, 6) is -1.22. The minimum Gasteiger partial charge on any atom is -0.497 e. The third-order valence-corrected chi connectivity index (χ3v) is 4.39. The number of rotatable bonds is 8. The van der Waals surface area contributed by atoms with Gasteiger partial charge in [-0.25, -0.2) is 4.68 Å². The van der Waals surface area contributed by atoms with Crippen molar-refractivity contribution in [1.29, 1.82) is 0 Å².